The number of nitrogens with zero attached hydrogens (tertiary/aromatic N) is 1. The second kappa shape index (κ2) is 14.7. The number of methoxy groups -OCH3 is 1. The Morgan fingerprint density at radius 3 is 2.33 bits per heavy atom. The summed E-state index contributed by atoms with van der Waals surface area (Å²) in [6.07, 6.45) is 2.12. The van der Waals surface area contributed by atoms with Gasteiger partial charge in [0.05, 0.1) is 30.1 Å². The number of nitrogens with one attached hydrogen (secondary N) is 4. The Kier molecular flexibility index (Phi) is 10.7. The summed E-state index contributed by atoms with van der Waals surface area (Å²) in [6, 6.07) is 12.6. The lowest BCUT2D eigenvalue weighted by Crippen LogP contribution is -2.66. The number of benzene rings is 3. The smallest absolute Gasteiger partial charge is 0.247 e. The molecule has 0 unspecified atom stereocenters. The lowest BCUT2D eigenvalue weighted by molar-refractivity contribution is -0.116. The van der Waals surface area contributed by atoms with Gasteiger partial charge in [-0.05, 0) is 73.9 Å². The fourth-order valence-corrected chi connectivity index (χ4v) is 7.73. The zero-order valence-electron chi connectivity index (χ0n) is 26.2. The van der Waals surface area contributed by atoms with E-state index < -0.39 is 49.9 Å². The molecule has 4 aromatic rings. The zero-order valence-corrected chi connectivity index (χ0v) is 27.0. The van der Waals surface area contributed by atoms with Crippen LogP contribution in [0.2, 0.25) is 0 Å². The van der Waals surface area contributed by atoms with Crippen molar-refractivity contribution in [3.05, 3.63) is 114 Å². The van der Waals surface area contributed by atoms with Gasteiger partial charge < -0.3 is 20.7 Å². The first-order valence-corrected chi connectivity index (χ1v) is 16.6. The van der Waals surface area contributed by atoms with Crippen molar-refractivity contribution in [2.24, 2.45) is 0 Å². The number of piperazine rings is 1. The molecule has 14 heteroatoms. The molecule has 9 nitrogen and oxygen atoms in total. The van der Waals surface area contributed by atoms with Crippen LogP contribution < -0.4 is 26.0 Å². The minimum Gasteiger partial charge on any atom is -0.497 e. The molecule has 3 atom stereocenters. The van der Waals surface area contributed by atoms with Crippen LogP contribution in [0.15, 0.2) is 84.0 Å². The van der Waals surface area contributed by atoms with Crippen molar-refractivity contribution in [2.45, 2.75) is 48.0 Å². The summed E-state index contributed by atoms with van der Waals surface area (Å²) in [5, 5.41) is 11.9. The molecule has 1 aliphatic rings. The zero-order chi connectivity index (χ0) is 34.5. The van der Waals surface area contributed by atoms with Gasteiger partial charge in [-0.25, -0.2) is 26.0 Å². The van der Waals surface area contributed by atoms with Crippen molar-refractivity contribution >= 4 is 27.1 Å². The number of anilines is 2. The number of carbonyl (C=O) groups is 1. The van der Waals surface area contributed by atoms with Gasteiger partial charge in [0.15, 0.2) is 9.84 Å². The molecular weight excluding hydrogens is 650 g/mol. The predicted molar refractivity (Wildman–Crippen MR) is 173 cm³/mol. The molecule has 254 valence electrons. The maximum Gasteiger partial charge on any atom is 0.247 e. The molecule has 2 heterocycles. The normalized spacial score (nSPS) is 18.6. The van der Waals surface area contributed by atoms with E-state index in [4.69, 9.17) is 4.74 Å². The van der Waals surface area contributed by atoms with Crippen molar-refractivity contribution in [2.75, 3.05) is 30.8 Å². The molecule has 1 saturated heterocycles. The molecule has 0 aliphatic carbocycles. The Labute approximate surface area is 276 Å². The lowest BCUT2D eigenvalue weighted by atomic mass is 10.00. The fraction of sp³-hybridized carbons (Fsp3) is 0.294. The van der Waals surface area contributed by atoms with E-state index in [9.17, 15) is 26.4 Å². The maximum absolute atomic E-state index is 15.5. The Hall–Kier alpha value is -4.53. The van der Waals surface area contributed by atoms with Gasteiger partial charge in [0, 0.05) is 42.9 Å². The standard InChI is InChI=1S/C34H35F4N5O4S/c1-21-17-40-20-34(43-21,48(45,46)28-9-7-27(47-2)8-10-28)12-11-29-30(38)18-39-19-32(29)42-31(13-22-3-5-23(35)6-4-22)33(44)41-26-15-24(36)14-25(37)16-26/h3-10,14-16,18-19,21,31,40,42-43H,11-13,17,20H2,1-2H3,(H,41,44)/t21-,31-,34-/m0/s1. The van der Waals surface area contributed by atoms with E-state index in [2.05, 4.69) is 26.3 Å². The van der Waals surface area contributed by atoms with Gasteiger partial charge in [-0.15, -0.1) is 0 Å². The predicted octanol–water partition coefficient (Wildman–Crippen LogP) is 4.99. The van der Waals surface area contributed by atoms with Crippen LogP contribution in [-0.4, -0.2) is 56.5 Å². The van der Waals surface area contributed by atoms with Crippen LogP contribution in [-0.2, 0) is 27.5 Å². The topological polar surface area (TPSA) is 121 Å². The van der Waals surface area contributed by atoms with Gasteiger partial charge in [0.2, 0.25) is 5.91 Å². The minimum absolute atomic E-state index is 0.0291. The van der Waals surface area contributed by atoms with E-state index in [1.807, 2.05) is 6.92 Å². The number of aromatic nitrogens is 1. The molecule has 1 aliphatic heterocycles. The third-order valence-corrected chi connectivity index (χ3v) is 10.6. The van der Waals surface area contributed by atoms with Crippen molar-refractivity contribution in [1.29, 1.82) is 0 Å². The molecule has 0 bridgehead atoms. The number of halogens is 4. The number of sulfone groups is 1. The summed E-state index contributed by atoms with van der Waals surface area (Å²) >= 11 is 0. The number of amides is 1. The van der Waals surface area contributed by atoms with Crippen LogP contribution in [0.4, 0.5) is 28.9 Å². The number of hydrogen-bond acceptors (Lipinski definition) is 8. The van der Waals surface area contributed by atoms with Crippen LogP contribution in [0.5, 0.6) is 5.75 Å². The quantitative estimate of drug-likeness (QED) is 0.154. The number of ether oxygens (including phenoxy) is 1. The third kappa shape index (κ3) is 7.94. The third-order valence-electron chi connectivity index (χ3n) is 8.17. The molecular formula is C34H35F4N5O4S. The number of rotatable bonds is 12. The first-order valence-electron chi connectivity index (χ1n) is 15.2. The van der Waals surface area contributed by atoms with Gasteiger partial charge in [-0.2, -0.15) is 0 Å². The molecule has 0 spiro atoms. The first kappa shape index (κ1) is 34.8. The van der Waals surface area contributed by atoms with Gasteiger partial charge in [0.25, 0.3) is 0 Å². The average Bonchev–Trinajstić information content (AvgIpc) is 3.04. The second-order valence-electron chi connectivity index (χ2n) is 11.7. The summed E-state index contributed by atoms with van der Waals surface area (Å²) in [7, 11) is -2.57. The van der Waals surface area contributed by atoms with E-state index in [0.717, 1.165) is 18.3 Å². The van der Waals surface area contributed by atoms with E-state index >= 15 is 4.39 Å². The molecule has 4 N–H and O–H groups in total. The highest BCUT2D eigenvalue weighted by Gasteiger charge is 2.47. The van der Waals surface area contributed by atoms with Crippen LogP contribution in [0.1, 0.15) is 24.5 Å². The maximum atomic E-state index is 15.5. The van der Waals surface area contributed by atoms with Crippen LogP contribution in [0, 0.1) is 23.3 Å². The minimum atomic E-state index is -4.04. The van der Waals surface area contributed by atoms with Crippen LogP contribution >= 0.6 is 0 Å². The highest BCUT2D eigenvalue weighted by Crippen LogP contribution is 2.33. The van der Waals surface area contributed by atoms with Crippen molar-refractivity contribution in [1.82, 2.24) is 15.6 Å². The van der Waals surface area contributed by atoms with Gasteiger partial charge >= 0.3 is 0 Å². The highest BCUT2D eigenvalue weighted by atomic mass is 32.2. The first-order chi connectivity index (χ1) is 22.9. The molecule has 48 heavy (non-hydrogen) atoms. The number of pyridine rings is 1. The monoisotopic (exact) mass is 685 g/mol. The number of hydrogen-bond donors (Lipinski definition) is 4. The molecule has 5 rings (SSSR count). The van der Waals surface area contributed by atoms with E-state index in [1.165, 1.54) is 49.7 Å². The van der Waals surface area contributed by atoms with Crippen LogP contribution in [0.3, 0.4) is 0 Å². The summed E-state index contributed by atoms with van der Waals surface area (Å²) in [6.45, 7) is 2.40. The fourth-order valence-electron chi connectivity index (χ4n) is 5.77. The van der Waals surface area contributed by atoms with Crippen molar-refractivity contribution in [3.63, 3.8) is 0 Å². The average molecular weight is 686 g/mol. The molecule has 1 amide bonds. The van der Waals surface area contributed by atoms with Crippen LogP contribution in [0.25, 0.3) is 0 Å². The SMILES string of the molecule is COc1ccc(S(=O)(=O)[C@@]2(CCc3c(F)cncc3N[C@@H](Cc3ccc(F)cc3)C(=O)Nc3cc(F)cc(F)c3)CNC[C@H](C)N2)cc1. The van der Waals surface area contributed by atoms with Gasteiger partial charge in [0.1, 0.15) is 39.9 Å². The molecule has 1 fully saturated rings. The molecule has 3 aromatic carbocycles. The molecule has 0 saturated carbocycles. The summed E-state index contributed by atoms with van der Waals surface area (Å²) in [4.78, 5) is 16.0. The molecule has 1 aromatic heterocycles. The summed E-state index contributed by atoms with van der Waals surface area (Å²) in [5.41, 5.74) is 0.576. The van der Waals surface area contributed by atoms with Crippen molar-refractivity contribution in [3.8, 4) is 5.75 Å². The Balaban J connectivity index is 1.46. The highest BCUT2D eigenvalue weighted by molar-refractivity contribution is 7.92. The van der Waals surface area contributed by atoms with E-state index in [0.29, 0.717) is 23.9 Å². The Morgan fingerprint density at radius 2 is 1.69 bits per heavy atom. The van der Waals surface area contributed by atoms with Gasteiger partial charge in [-0.3, -0.25) is 15.1 Å². The Bertz CT molecular complexity index is 1840. The van der Waals surface area contributed by atoms with Crippen molar-refractivity contribution < 1.29 is 35.5 Å². The van der Waals surface area contributed by atoms with Gasteiger partial charge in [-0.1, -0.05) is 12.1 Å². The lowest BCUT2D eigenvalue weighted by Gasteiger charge is -2.41. The number of carbonyl (C=O) groups excluding carboxylic acids is 1. The summed E-state index contributed by atoms with van der Waals surface area (Å²) < 4.78 is 90.4. The van der Waals surface area contributed by atoms with E-state index in [-0.39, 0.29) is 53.7 Å². The summed E-state index contributed by atoms with van der Waals surface area (Å²) in [5.74, 6) is -3.25. The largest absolute Gasteiger partial charge is 0.497 e. The van der Waals surface area contributed by atoms with E-state index in [1.54, 1.807) is 12.1 Å². The second-order valence-corrected chi connectivity index (χ2v) is 13.9. The Morgan fingerprint density at radius 1 is 1.00 bits per heavy atom. The molecule has 0 radical (unpaired) electrons.